The second-order valence-corrected chi connectivity index (χ2v) is 2.63. The second-order valence-electron chi connectivity index (χ2n) is 2.63. The molecule has 0 radical (unpaired) electrons. The lowest BCUT2D eigenvalue weighted by Crippen LogP contribution is -2.28. The summed E-state index contributed by atoms with van der Waals surface area (Å²) in [5.41, 5.74) is 4.95. The molecule has 2 heterocycles. The van der Waals surface area contributed by atoms with E-state index in [1.54, 1.807) is 12.1 Å². The van der Waals surface area contributed by atoms with Crippen molar-refractivity contribution in [2.45, 2.75) is 0 Å². The highest BCUT2D eigenvalue weighted by Gasteiger charge is 2.01. The molecule has 0 aromatic carbocycles. The maximum absolute atomic E-state index is 11.4. The van der Waals surface area contributed by atoms with Crippen LogP contribution in [0.2, 0.25) is 0 Å². The van der Waals surface area contributed by atoms with Crippen molar-refractivity contribution in [1.82, 2.24) is 9.38 Å². The molecule has 0 aliphatic rings. The van der Waals surface area contributed by atoms with Crippen molar-refractivity contribution < 1.29 is 0 Å². The molecular weight excluding hydrogens is 170 g/mol. The van der Waals surface area contributed by atoms with Crippen LogP contribution in [-0.4, -0.2) is 9.38 Å². The fourth-order valence-electron chi connectivity index (χ4n) is 1.15. The molecule has 0 saturated carbocycles. The predicted octanol–water partition coefficient (Wildman–Crippen LogP) is -0.430. The number of aromatic nitrogens is 2. The van der Waals surface area contributed by atoms with E-state index in [2.05, 4.69) is 4.98 Å². The van der Waals surface area contributed by atoms with E-state index >= 15 is 0 Å². The summed E-state index contributed by atoms with van der Waals surface area (Å²) in [5.74, 6) is 0. The fraction of sp³-hybridized carbons (Fsp3) is 0. The van der Waals surface area contributed by atoms with Crippen molar-refractivity contribution in [2.75, 3.05) is 5.73 Å². The summed E-state index contributed by atoms with van der Waals surface area (Å²) in [6.07, 6.45) is 1.37. The van der Waals surface area contributed by atoms with E-state index in [1.807, 2.05) is 0 Å². The van der Waals surface area contributed by atoms with Crippen LogP contribution in [0.3, 0.4) is 0 Å². The van der Waals surface area contributed by atoms with E-state index in [0.29, 0.717) is 5.65 Å². The topological polar surface area (TPSA) is 80.4 Å². The van der Waals surface area contributed by atoms with Crippen LogP contribution < -0.4 is 16.9 Å². The Kier molecular flexibility index (Phi) is 1.45. The molecule has 66 valence electrons. The number of nitrogens with two attached hydrogens (primary N) is 1. The number of nitrogen functional groups attached to an aromatic ring is 1. The first-order valence-corrected chi connectivity index (χ1v) is 3.69. The summed E-state index contributed by atoms with van der Waals surface area (Å²) in [7, 11) is 0. The largest absolute Gasteiger partial charge is 0.393 e. The Labute approximate surface area is 72.4 Å². The highest BCUT2D eigenvalue weighted by molar-refractivity contribution is 5.43. The van der Waals surface area contributed by atoms with Gasteiger partial charge in [-0.25, -0.2) is 4.40 Å². The number of pyridine rings is 1. The molecular formula is C8H7N3O2. The maximum Gasteiger partial charge on any atom is 0.283 e. The molecule has 2 rings (SSSR count). The van der Waals surface area contributed by atoms with Gasteiger partial charge in [-0.15, -0.1) is 0 Å². The first-order chi connectivity index (χ1) is 6.20. The zero-order valence-electron chi connectivity index (χ0n) is 6.65. The Hall–Kier alpha value is -2.04. The van der Waals surface area contributed by atoms with Gasteiger partial charge in [-0.2, -0.15) is 0 Å². The van der Waals surface area contributed by atoms with Gasteiger partial charge in [0.25, 0.3) is 11.1 Å². The van der Waals surface area contributed by atoms with Crippen LogP contribution in [0.25, 0.3) is 5.65 Å². The lowest BCUT2D eigenvalue weighted by Gasteiger charge is -1.99. The molecule has 0 bridgehead atoms. The molecule has 0 fully saturated rings. The van der Waals surface area contributed by atoms with Crippen LogP contribution in [-0.2, 0) is 0 Å². The molecule has 0 spiro atoms. The average molecular weight is 177 g/mol. The summed E-state index contributed by atoms with van der Waals surface area (Å²) in [5, 5.41) is 0. The maximum atomic E-state index is 11.4. The molecule has 0 atom stereocenters. The van der Waals surface area contributed by atoms with Gasteiger partial charge in [0.05, 0.1) is 0 Å². The lowest BCUT2D eigenvalue weighted by molar-refractivity contribution is 1.00. The normalized spacial score (nSPS) is 10.5. The minimum Gasteiger partial charge on any atom is -0.393 e. The van der Waals surface area contributed by atoms with Gasteiger partial charge in [0.1, 0.15) is 11.3 Å². The summed E-state index contributed by atoms with van der Waals surface area (Å²) in [6, 6.07) is 4.51. The fourth-order valence-corrected chi connectivity index (χ4v) is 1.15. The zero-order valence-corrected chi connectivity index (χ0v) is 6.65. The third-order valence-corrected chi connectivity index (χ3v) is 1.78. The Morgan fingerprint density at radius 1 is 1.31 bits per heavy atom. The summed E-state index contributed by atoms with van der Waals surface area (Å²) >= 11 is 0. The lowest BCUT2D eigenvalue weighted by atomic mass is 10.4. The Morgan fingerprint density at radius 2 is 2.08 bits per heavy atom. The van der Waals surface area contributed by atoms with Gasteiger partial charge in [0, 0.05) is 12.3 Å². The summed E-state index contributed by atoms with van der Waals surface area (Å²) in [4.78, 5) is 25.3. The molecule has 0 amide bonds. The van der Waals surface area contributed by atoms with Crippen molar-refractivity contribution in [2.24, 2.45) is 0 Å². The number of nitrogens with zero attached hydrogens (tertiary/aromatic N) is 1. The number of anilines is 1. The first kappa shape index (κ1) is 7.60. The number of H-pyrrole nitrogens is 1. The van der Waals surface area contributed by atoms with E-state index in [-0.39, 0.29) is 11.2 Å². The molecule has 0 saturated heterocycles. The molecule has 2 aromatic heterocycles. The van der Waals surface area contributed by atoms with E-state index in [9.17, 15) is 9.59 Å². The van der Waals surface area contributed by atoms with Crippen molar-refractivity contribution in [3.63, 3.8) is 0 Å². The number of hydrogen-bond donors (Lipinski definition) is 2. The average Bonchev–Trinajstić information content (AvgIpc) is 2.12. The SMILES string of the molecule is Nc1c[nH]c2cccc(=O)n2c1=O. The van der Waals surface area contributed by atoms with E-state index in [0.717, 1.165) is 4.40 Å². The van der Waals surface area contributed by atoms with E-state index < -0.39 is 5.56 Å². The van der Waals surface area contributed by atoms with Crippen LogP contribution in [0.15, 0.2) is 34.0 Å². The minimum atomic E-state index is -0.487. The third kappa shape index (κ3) is 1.01. The summed E-state index contributed by atoms with van der Waals surface area (Å²) < 4.78 is 0.995. The van der Waals surface area contributed by atoms with Crippen LogP contribution in [0.4, 0.5) is 5.69 Å². The highest BCUT2D eigenvalue weighted by atomic mass is 16.2. The van der Waals surface area contributed by atoms with Crippen LogP contribution >= 0.6 is 0 Å². The summed E-state index contributed by atoms with van der Waals surface area (Å²) in [6.45, 7) is 0. The van der Waals surface area contributed by atoms with Gasteiger partial charge in [-0.05, 0) is 6.07 Å². The van der Waals surface area contributed by atoms with Gasteiger partial charge >= 0.3 is 0 Å². The number of rotatable bonds is 0. The monoisotopic (exact) mass is 177 g/mol. The Balaban J connectivity index is 3.15. The van der Waals surface area contributed by atoms with Crippen molar-refractivity contribution >= 4 is 11.3 Å². The van der Waals surface area contributed by atoms with Crippen LogP contribution in [0.1, 0.15) is 0 Å². The minimum absolute atomic E-state index is 0.0285. The molecule has 5 nitrogen and oxygen atoms in total. The number of aromatic amines is 1. The highest BCUT2D eigenvalue weighted by Crippen LogP contribution is 1.93. The van der Waals surface area contributed by atoms with Gasteiger partial charge in [-0.3, -0.25) is 9.59 Å². The second kappa shape index (κ2) is 2.48. The number of hydrogen-bond acceptors (Lipinski definition) is 3. The Morgan fingerprint density at radius 3 is 2.85 bits per heavy atom. The Bertz CT molecular complexity index is 567. The molecule has 5 heteroatoms. The molecule has 0 aliphatic heterocycles. The van der Waals surface area contributed by atoms with Gasteiger partial charge in [-0.1, -0.05) is 6.07 Å². The standard InChI is InChI=1S/C8H7N3O2/c9-5-4-10-6-2-1-3-7(12)11(6)8(5)13/h1-4,10H,9H2. The molecule has 0 unspecified atom stereocenters. The van der Waals surface area contributed by atoms with Crippen LogP contribution in [0.5, 0.6) is 0 Å². The molecule has 13 heavy (non-hydrogen) atoms. The smallest absolute Gasteiger partial charge is 0.283 e. The quantitative estimate of drug-likeness (QED) is 0.573. The zero-order chi connectivity index (χ0) is 9.42. The molecule has 0 aliphatic carbocycles. The number of nitrogens with one attached hydrogen (secondary N) is 1. The van der Waals surface area contributed by atoms with Crippen molar-refractivity contribution in [3.05, 3.63) is 45.1 Å². The molecule has 2 aromatic rings. The van der Waals surface area contributed by atoms with E-state index in [1.165, 1.54) is 12.3 Å². The first-order valence-electron chi connectivity index (χ1n) is 3.69. The van der Waals surface area contributed by atoms with Crippen molar-refractivity contribution in [3.8, 4) is 0 Å². The van der Waals surface area contributed by atoms with Gasteiger partial charge in [0.15, 0.2) is 0 Å². The van der Waals surface area contributed by atoms with Gasteiger partial charge in [0.2, 0.25) is 0 Å². The van der Waals surface area contributed by atoms with E-state index in [4.69, 9.17) is 5.73 Å². The predicted molar refractivity (Wildman–Crippen MR) is 48.7 cm³/mol. The van der Waals surface area contributed by atoms with Crippen LogP contribution in [0, 0.1) is 0 Å². The van der Waals surface area contributed by atoms with Gasteiger partial charge < -0.3 is 10.7 Å². The molecule has 3 N–H and O–H groups in total. The third-order valence-electron chi connectivity index (χ3n) is 1.78. The number of fused-ring (bicyclic) bond motifs is 1. The van der Waals surface area contributed by atoms with Crippen molar-refractivity contribution in [1.29, 1.82) is 0 Å².